The van der Waals surface area contributed by atoms with E-state index in [1.54, 1.807) is 0 Å². The minimum Gasteiger partial charge on any atom is -0.337 e. The molecule has 4 rings (SSSR count). The Morgan fingerprint density at radius 1 is 1.36 bits per heavy atom. The number of fused-ring (bicyclic) bond motifs is 1. The molecule has 1 fully saturated rings. The van der Waals surface area contributed by atoms with Crippen LogP contribution in [0.2, 0.25) is 0 Å². The normalized spacial score (nSPS) is 17.1. The summed E-state index contributed by atoms with van der Waals surface area (Å²) in [6.45, 7) is 3.13. The van der Waals surface area contributed by atoms with Crippen LogP contribution in [0.15, 0.2) is 29.1 Å². The van der Waals surface area contributed by atoms with E-state index in [4.69, 9.17) is 0 Å². The van der Waals surface area contributed by atoms with E-state index in [1.807, 2.05) is 17.0 Å². The average molecular weight is 337 g/mol. The van der Waals surface area contributed by atoms with E-state index in [9.17, 15) is 9.59 Å². The van der Waals surface area contributed by atoms with Crippen molar-refractivity contribution in [3.63, 3.8) is 0 Å². The van der Waals surface area contributed by atoms with Gasteiger partial charge in [-0.05, 0) is 25.3 Å². The van der Waals surface area contributed by atoms with Gasteiger partial charge in [0.05, 0.1) is 17.8 Å². The van der Waals surface area contributed by atoms with Crippen molar-refractivity contribution in [3.8, 4) is 0 Å². The minimum absolute atomic E-state index is 0.0984. The number of aromatic nitrogens is 2. The molecular weight excluding hydrogens is 314 g/mol. The van der Waals surface area contributed by atoms with Crippen LogP contribution in [0.1, 0.15) is 47.5 Å². The summed E-state index contributed by atoms with van der Waals surface area (Å²) in [6.07, 6.45) is 4.41. The molecule has 130 valence electrons. The van der Waals surface area contributed by atoms with Crippen LogP contribution in [-0.4, -0.2) is 27.3 Å². The number of carbonyl (C=O) groups is 1. The van der Waals surface area contributed by atoms with E-state index < -0.39 is 0 Å². The Bertz CT molecular complexity index is 867. The molecule has 0 spiro atoms. The van der Waals surface area contributed by atoms with Crippen LogP contribution in [-0.2, 0) is 24.2 Å². The maximum atomic E-state index is 12.5. The quantitative estimate of drug-likeness (QED) is 0.935. The second kappa shape index (κ2) is 6.47. The molecule has 5 nitrogen and oxygen atoms in total. The summed E-state index contributed by atoms with van der Waals surface area (Å²) in [6, 6.07) is 8.23. The summed E-state index contributed by atoms with van der Waals surface area (Å²) in [7, 11) is 0. The second-order valence-corrected chi connectivity index (χ2v) is 7.24. The highest BCUT2D eigenvalue weighted by Crippen LogP contribution is 2.29. The third kappa shape index (κ3) is 3.23. The highest BCUT2D eigenvalue weighted by molar-refractivity contribution is 5.79. The third-order valence-electron chi connectivity index (χ3n) is 5.34. The fourth-order valence-corrected chi connectivity index (χ4v) is 3.68. The Labute approximate surface area is 147 Å². The van der Waals surface area contributed by atoms with Crippen LogP contribution in [0.4, 0.5) is 0 Å². The van der Waals surface area contributed by atoms with Crippen LogP contribution in [0.25, 0.3) is 0 Å². The van der Waals surface area contributed by atoms with Crippen molar-refractivity contribution in [2.75, 3.05) is 6.54 Å². The van der Waals surface area contributed by atoms with Crippen LogP contribution < -0.4 is 5.56 Å². The lowest BCUT2D eigenvalue weighted by atomic mass is 9.84. The first kappa shape index (κ1) is 16.1. The Hall–Kier alpha value is -2.43. The molecule has 5 heteroatoms. The molecule has 0 saturated heterocycles. The summed E-state index contributed by atoms with van der Waals surface area (Å²) in [5.74, 6) is 1.09. The predicted molar refractivity (Wildman–Crippen MR) is 95.3 cm³/mol. The molecule has 1 aromatic carbocycles. The first-order valence-electron chi connectivity index (χ1n) is 9.05. The van der Waals surface area contributed by atoms with E-state index >= 15 is 0 Å². The van der Waals surface area contributed by atoms with E-state index in [-0.39, 0.29) is 17.4 Å². The number of hydrogen-bond acceptors (Lipinski definition) is 3. The maximum absolute atomic E-state index is 12.5. The number of nitrogens with zero attached hydrogens (tertiary/aromatic N) is 2. The molecule has 1 aromatic heterocycles. The molecule has 1 amide bonds. The average Bonchev–Trinajstić information content (AvgIpc) is 2.53. The first-order valence-corrected chi connectivity index (χ1v) is 9.05. The SMILES string of the molecule is Cc1cccc(Cc2nc3c(c(=O)[nH]2)CN(C(=O)C2CCC2)CC3)c1. The number of H-pyrrole nitrogens is 1. The van der Waals surface area contributed by atoms with Gasteiger partial charge in [-0.25, -0.2) is 4.98 Å². The molecule has 0 atom stereocenters. The minimum atomic E-state index is -0.0984. The molecule has 1 aliphatic carbocycles. The Morgan fingerprint density at radius 3 is 2.92 bits per heavy atom. The molecule has 0 radical (unpaired) electrons. The summed E-state index contributed by atoms with van der Waals surface area (Å²) in [5, 5.41) is 0. The van der Waals surface area contributed by atoms with Gasteiger partial charge in [-0.3, -0.25) is 9.59 Å². The highest BCUT2D eigenvalue weighted by Gasteiger charge is 2.32. The van der Waals surface area contributed by atoms with E-state index in [0.29, 0.717) is 37.3 Å². The molecule has 1 saturated carbocycles. The topological polar surface area (TPSA) is 66.1 Å². The van der Waals surface area contributed by atoms with Crippen molar-refractivity contribution < 1.29 is 4.79 Å². The van der Waals surface area contributed by atoms with Gasteiger partial charge in [0.1, 0.15) is 5.82 Å². The number of nitrogens with one attached hydrogen (secondary N) is 1. The van der Waals surface area contributed by atoms with Gasteiger partial charge < -0.3 is 9.88 Å². The number of carbonyl (C=O) groups excluding carboxylic acids is 1. The zero-order valence-electron chi connectivity index (χ0n) is 14.5. The van der Waals surface area contributed by atoms with Gasteiger partial charge in [-0.2, -0.15) is 0 Å². The lowest BCUT2D eigenvalue weighted by Crippen LogP contribution is -2.44. The molecule has 2 aliphatic rings. The second-order valence-electron chi connectivity index (χ2n) is 7.24. The lowest BCUT2D eigenvalue weighted by Gasteiger charge is -2.34. The fourth-order valence-electron chi connectivity index (χ4n) is 3.68. The van der Waals surface area contributed by atoms with Gasteiger partial charge >= 0.3 is 0 Å². The van der Waals surface area contributed by atoms with E-state index in [0.717, 1.165) is 30.5 Å². The third-order valence-corrected chi connectivity index (χ3v) is 5.34. The number of rotatable bonds is 3. The van der Waals surface area contributed by atoms with Gasteiger partial charge in [-0.15, -0.1) is 0 Å². The Balaban J connectivity index is 1.54. The smallest absolute Gasteiger partial charge is 0.256 e. The lowest BCUT2D eigenvalue weighted by molar-refractivity contribution is -0.139. The number of benzene rings is 1. The summed E-state index contributed by atoms with van der Waals surface area (Å²) < 4.78 is 0. The van der Waals surface area contributed by atoms with Crippen LogP contribution in [0.5, 0.6) is 0 Å². The zero-order chi connectivity index (χ0) is 17.4. The molecule has 2 aromatic rings. The molecule has 2 heterocycles. The predicted octanol–water partition coefficient (Wildman–Crippen LogP) is 2.35. The van der Waals surface area contributed by atoms with Gasteiger partial charge in [-0.1, -0.05) is 36.2 Å². The summed E-state index contributed by atoms with van der Waals surface area (Å²) in [4.78, 5) is 34.4. The van der Waals surface area contributed by atoms with Crippen molar-refractivity contribution in [1.29, 1.82) is 0 Å². The molecule has 1 N–H and O–H groups in total. The zero-order valence-corrected chi connectivity index (χ0v) is 14.5. The molecule has 1 aliphatic heterocycles. The highest BCUT2D eigenvalue weighted by atomic mass is 16.2. The number of aryl methyl sites for hydroxylation is 1. The Kier molecular flexibility index (Phi) is 4.15. The van der Waals surface area contributed by atoms with Gasteiger partial charge in [0.2, 0.25) is 5.91 Å². The molecule has 25 heavy (non-hydrogen) atoms. The first-order chi connectivity index (χ1) is 12.1. The standard InChI is InChI=1S/C20H23N3O2/c1-13-4-2-5-14(10-13)11-18-21-17-8-9-23(12-16(17)19(24)22-18)20(25)15-6-3-7-15/h2,4-5,10,15H,3,6-9,11-12H2,1H3,(H,21,22,24). The van der Waals surface area contributed by atoms with Gasteiger partial charge in [0.25, 0.3) is 5.56 Å². The monoisotopic (exact) mass is 337 g/mol. The summed E-state index contributed by atoms with van der Waals surface area (Å²) >= 11 is 0. The number of aromatic amines is 1. The van der Waals surface area contributed by atoms with Crippen molar-refractivity contribution in [3.05, 3.63) is 62.8 Å². The van der Waals surface area contributed by atoms with Gasteiger partial charge in [0.15, 0.2) is 0 Å². The molecule has 0 bridgehead atoms. The van der Waals surface area contributed by atoms with Crippen LogP contribution >= 0.6 is 0 Å². The van der Waals surface area contributed by atoms with E-state index in [2.05, 4.69) is 29.0 Å². The maximum Gasteiger partial charge on any atom is 0.256 e. The molecular formula is C20H23N3O2. The molecule has 0 unspecified atom stereocenters. The van der Waals surface area contributed by atoms with Crippen molar-refractivity contribution >= 4 is 5.91 Å². The number of hydrogen-bond donors (Lipinski definition) is 1. The largest absolute Gasteiger partial charge is 0.337 e. The Morgan fingerprint density at radius 2 is 2.20 bits per heavy atom. The van der Waals surface area contributed by atoms with Crippen molar-refractivity contribution in [2.24, 2.45) is 5.92 Å². The number of amides is 1. The van der Waals surface area contributed by atoms with E-state index in [1.165, 1.54) is 5.56 Å². The van der Waals surface area contributed by atoms with Crippen LogP contribution in [0, 0.1) is 12.8 Å². The fraction of sp³-hybridized carbons (Fsp3) is 0.450. The summed E-state index contributed by atoms with van der Waals surface area (Å²) in [5.41, 5.74) is 3.75. The van der Waals surface area contributed by atoms with Crippen molar-refractivity contribution in [1.82, 2.24) is 14.9 Å². The van der Waals surface area contributed by atoms with Crippen molar-refractivity contribution in [2.45, 2.75) is 45.6 Å². The van der Waals surface area contributed by atoms with Gasteiger partial charge in [0, 0.05) is 25.3 Å². The van der Waals surface area contributed by atoms with Crippen LogP contribution in [0.3, 0.4) is 0 Å².